The molecular formula is C18H18F6N4O4S. The summed E-state index contributed by atoms with van der Waals surface area (Å²) in [6, 6.07) is 4.70. The summed E-state index contributed by atoms with van der Waals surface area (Å²) in [5, 5.41) is 12.1. The van der Waals surface area contributed by atoms with Crippen molar-refractivity contribution in [2.75, 3.05) is 11.6 Å². The molecule has 3 atom stereocenters. The fourth-order valence-electron chi connectivity index (χ4n) is 2.17. The van der Waals surface area contributed by atoms with Crippen LogP contribution in [0.2, 0.25) is 0 Å². The maximum atomic E-state index is 13.2. The molecule has 1 aromatic heterocycles. The van der Waals surface area contributed by atoms with Gasteiger partial charge in [-0.05, 0) is 38.1 Å². The Labute approximate surface area is 184 Å². The molecule has 182 valence electrons. The summed E-state index contributed by atoms with van der Waals surface area (Å²) >= 11 is 0. The van der Waals surface area contributed by atoms with Crippen LogP contribution in [-0.2, 0) is 20.7 Å². The van der Waals surface area contributed by atoms with Crippen molar-refractivity contribution in [2.45, 2.75) is 43.3 Å². The molecule has 1 amide bonds. The summed E-state index contributed by atoms with van der Waals surface area (Å²) in [4.78, 5) is 18.1. The van der Waals surface area contributed by atoms with E-state index in [2.05, 4.69) is 19.6 Å². The van der Waals surface area contributed by atoms with Crippen molar-refractivity contribution in [1.29, 1.82) is 0 Å². The van der Waals surface area contributed by atoms with Crippen LogP contribution in [0, 0.1) is 0 Å². The molecule has 2 N–H and O–H groups in total. The number of anilines is 2. The van der Waals surface area contributed by atoms with E-state index in [1.165, 1.54) is 26.0 Å². The van der Waals surface area contributed by atoms with Gasteiger partial charge in [-0.3, -0.25) is 4.79 Å². The van der Waals surface area contributed by atoms with Crippen molar-refractivity contribution in [3.05, 3.63) is 36.0 Å². The zero-order chi connectivity index (χ0) is 25.2. The maximum Gasteiger partial charge on any atom is 0.474 e. The number of halogens is 6. The van der Waals surface area contributed by atoms with Crippen LogP contribution in [0.25, 0.3) is 0 Å². The lowest BCUT2D eigenvalue weighted by Crippen LogP contribution is -2.27. The van der Waals surface area contributed by atoms with E-state index < -0.39 is 51.6 Å². The normalized spacial score (nSPS) is 15.8. The average Bonchev–Trinajstić information content (AvgIpc) is 2.66. The topological polar surface area (TPSA) is 114 Å². The lowest BCUT2D eigenvalue weighted by Gasteiger charge is -2.20. The predicted octanol–water partition coefficient (Wildman–Crippen LogP) is 3.93. The Kier molecular flexibility index (Phi) is 7.58. The fourth-order valence-corrected chi connectivity index (χ4v) is 3.33. The fraction of sp³-hybridized carbons (Fsp3) is 0.389. The third-order valence-electron chi connectivity index (χ3n) is 4.08. The number of aliphatic hydroxyl groups is 1. The van der Waals surface area contributed by atoms with Crippen LogP contribution >= 0.6 is 0 Å². The number of carbonyl (C=O) groups excluding carboxylic acids is 1. The molecule has 0 spiro atoms. The lowest BCUT2D eigenvalue weighted by molar-refractivity contribution is -0.169. The van der Waals surface area contributed by atoms with Gasteiger partial charge in [0.15, 0.2) is 0 Å². The summed E-state index contributed by atoms with van der Waals surface area (Å²) < 4.78 is 96.9. The number of hydrogen-bond acceptors (Lipinski definition) is 7. The van der Waals surface area contributed by atoms with E-state index in [9.17, 15) is 40.5 Å². The molecule has 1 heterocycles. The van der Waals surface area contributed by atoms with Crippen molar-refractivity contribution in [3.8, 4) is 5.88 Å². The van der Waals surface area contributed by atoms with Gasteiger partial charge in [0.25, 0.3) is 0 Å². The Bertz CT molecular complexity index is 1130. The number of nitrogens with zero attached hydrogens (tertiary/aromatic N) is 3. The lowest BCUT2D eigenvalue weighted by atomic mass is 10.2. The number of nitrogens with one attached hydrogen (secondary N) is 1. The highest BCUT2D eigenvalue weighted by atomic mass is 32.2. The van der Waals surface area contributed by atoms with Gasteiger partial charge in [-0.2, -0.15) is 31.3 Å². The number of amides is 1. The van der Waals surface area contributed by atoms with Gasteiger partial charge < -0.3 is 15.2 Å². The molecule has 8 nitrogen and oxygen atoms in total. The minimum absolute atomic E-state index is 0.172. The standard InChI is InChI=1S/C18H18F6N4O4S/c1-9(29)10(2)32-14-13(17(19,20)21)8-25-16(27-14)26-11-4-6-12(7-5-11)33(3,31)28-15(30)18(22,23)24/h4-10,29H,1-3H3,(H,25,26,27)/t9-,10-,33?/m1/s1. The van der Waals surface area contributed by atoms with E-state index in [0.717, 1.165) is 18.4 Å². The van der Waals surface area contributed by atoms with Gasteiger partial charge in [-0.15, -0.1) is 4.36 Å². The Morgan fingerprint density at radius 1 is 1.15 bits per heavy atom. The van der Waals surface area contributed by atoms with Gasteiger partial charge in [0.1, 0.15) is 11.7 Å². The highest BCUT2D eigenvalue weighted by Gasteiger charge is 2.40. The van der Waals surface area contributed by atoms with E-state index in [-0.39, 0.29) is 16.5 Å². The average molecular weight is 500 g/mol. The molecule has 2 rings (SSSR count). The summed E-state index contributed by atoms with van der Waals surface area (Å²) in [6.45, 7) is 2.66. The molecule has 0 saturated heterocycles. The quantitative estimate of drug-likeness (QED) is 0.578. The van der Waals surface area contributed by atoms with Crippen molar-refractivity contribution in [3.63, 3.8) is 0 Å². The smallest absolute Gasteiger partial charge is 0.471 e. The molecule has 0 aliphatic carbocycles. The third kappa shape index (κ3) is 7.02. The first kappa shape index (κ1) is 26.3. The minimum Gasteiger partial charge on any atom is -0.471 e. The van der Waals surface area contributed by atoms with Gasteiger partial charge in [0.2, 0.25) is 11.8 Å². The van der Waals surface area contributed by atoms with E-state index in [4.69, 9.17) is 4.74 Å². The van der Waals surface area contributed by atoms with Crippen LogP contribution < -0.4 is 10.1 Å². The Balaban J connectivity index is 2.32. The molecule has 0 fully saturated rings. The Morgan fingerprint density at radius 3 is 2.21 bits per heavy atom. The van der Waals surface area contributed by atoms with E-state index in [1.807, 2.05) is 0 Å². The largest absolute Gasteiger partial charge is 0.474 e. The second-order valence-electron chi connectivity index (χ2n) is 6.82. The number of carbonyl (C=O) groups is 1. The van der Waals surface area contributed by atoms with Gasteiger partial charge in [0.05, 0.1) is 15.8 Å². The van der Waals surface area contributed by atoms with Crippen LogP contribution in [0.15, 0.2) is 39.7 Å². The summed E-state index contributed by atoms with van der Waals surface area (Å²) in [7, 11) is -3.70. The number of rotatable bonds is 6. The van der Waals surface area contributed by atoms with Gasteiger partial charge >= 0.3 is 18.3 Å². The monoisotopic (exact) mass is 500 g/mol. The number of benzene rings is 1. The second-order valence-corrected chi connectivity index (χ2v) is 9.08. The van der Waals surface area contributed by atoms with Crippen molar-refractivity contribution >= 4 is 27.3 Å². The maximum absolute atomic E-state index is 13.2. The highest BCUT2D eigenvalue weighted by molar-refractivity contribution is 7.93. The SMILES string of the molecule is C[C@@H](O)[C@@H](C)Oc1nc(Nc2ccc(S(C)(=O)=NC(=O)C(F)(F)F)cc2)ncc1C(F)(F)F. The van der Waals surface area contributed by atoms with Crippen LogP contribution in [0.4, 0.5) is 38.0 Å². The first-order chi connectivity index (χ1) is 15.0. The molecule has 15 heteroatoms. The molecule has 1 aromatic carbocycles. The molecule has 2 aromatic rings. The number of alkyl halides is 6. The van der Waals surface area contributed by atoms with Crippen molar-refractivity contribution in [2.24, 2.45) is 4.36 Å². The third-order valence-corrected chi connectivity index (χ3v) is 5.74. The van der Waals surface area contributed by atoms with Crippen molar-refractivity contribution in [1.82, 2.24) is 9.97 Å². The van der Waals surface area contributed by atoms with Crippen LogP contribution in [0.1, 0.15) is 19.4 Å². The number of ether oxygens (including phenoxy) is 1. The Morgan fingerprint density at radius 2 is 1.73 bits per heavy atom. The molecule has 0 radical (unpaired) electrons. The van der Waals surface area contributed by atoms with E-state index in [0.29, 0.717) is 6.20 Å². The molecule has 33 heavy (non-hydrogen) atoms. The number of aliphatic hydroxyl groups excluding tert-OH is 1. The first-order valence-corrected chi connectivity index (χ1v) is 10.9. The highest BCUT2D eigenvalue weighted by Crippen LogP contribution is 2.36. The van der Waals surface area contributed by atoms with Gasteiger partial charge in [-0.25, -0.2) is 9.19 Å². The van der Waals surface area contributed by atoms with Crippen LogP contribution in [0.5, 0.6) is 5.88 Å². The molecule has 0 saturated carbocycles. The predicted molar refractivity (Wildman–Crippen MR) is 104 cm³/mol. The number of hydrogen-bond donors (Lipinski definition) is 2. The van der Waals surface area contributed by atoms with Gasteiger partial charge in [0, 0.05) is 23.0 Å². The Hall–Kier alpha value is -2.94. The summed E-state index contributed by atoms with van der Waals surface area (Å²) in [5.41, 5.74) is -1.09. The van der Waals surface area contributed by atoms with Gasteiger partial charge in [-0.1, -0.05) is 0 Å². The summed E-state index contributed by atoms with van der Waals surface area (Å²) in [6.07, 6.45) is -10.9. The molecule has 1 unspecified atom stereocenters. The van der Waals surface area contributed by atoms with E-state index >= 15 is 0 Å². The molecule has 0 aliphatic heterocycles. The number of aromatic nitrogens is 2. The second kappa shape index (κ2) is 9.51. The molecule has 0 bridgehead atoms. The molecular weight excluding hydrogens is 482 g/mol. The zero-order valence-electron chi connectivity index (χ0n) is 17.2. The molecule has 0 aliphatic rings. The first-order valence-electron chi connectivity index (χ1n) is 9.00. The minimum atomic E-state index is -5.27. The van der Waals surface area contributed by atoms with E-state index in [1.54, 1.807) is 0 Å². The van der Waals surface area contributed by atoms with Crippen molar-refractivity contribution < 1.29 is 45.2 Å². The van der Waals surface area contributed by atoms with Crippen LogP contribution in [-0.4, -0.2) is 49.8 Å². The zero-order valence-corrected chi connectivity index (χ0v) is 18.0. The van der Waals surface area contributed by atoms with Crippen LogP contribution in [0.3, 0.4) is 0 Å². The summed E-state index contributed by atoms with van der Waals surface area (Å²) in [5.74, 6) is -3.64.